The maximum Gasteiger partial charge on any atom is 0.436 e. The van der Waals surface area contributed by atoms with Crippen LogP contribution in [-0.2, 0) is 17.5 Å². The molecule has 23 heavy (non-hydrogen) atoms. The van der Waals surface area contributed by atoms with E-state index in [1.165, 1.54) is 18.0 Å². The summed E-state index contributed by atoms with van der Waals surface area (Å²) in [4.78, 5) is 12.0. The first kappa shape index (κ1) is 18.1. The average molecular weight is 352 g/mol. The van der Waals surface area contributed by atoms with Crippen LogP contribution in [0.2, 0.25) is 5.02 Å². The van der Waals surface area contributed by atoms with Crippen molar-refractivity contribution < 1.29 is 18.0 Å². The van der Waals surface area contributed by atoms with Crippen molar-refractivity contribution in [2.45, 2.75) is 58.2 Å². The summed E-state index contributed by atoms with van der Waals surface area (Å²) in [6.45, 7) is 2.21. The van der Waals surface area contributed by atoms with Crippen molar-refractivity contribution >= 4 is 17.5 Å². The summed E-state index contributed by atoms with van der Waals surface area (Å²) in [5.74, 6) is 0.136. The SMILES string of the molecule is Cc1c(Cl)c(C(F)(F)F)nn1CCCNC(=O)C1CCCCC1. The first-order chi connectivity index (χ1) is 10.8. The zero-order valence-corrected chi connectivity index (χ0v) is 13.8. The Morgan fingerprint density at radius 3 is 2.57 bits per heavy atom. The highest BCUT2D eigenvalue weighted by atomic mass is 35.5. The van der Waals surface area contributed by atoms with Gasteiger partial charge in [0, 0.05) is 19.0 Å². The molecular weight excluding hydrogens is 331 g/mol. The molecule has 1 aromatic rings. The Morgan fingerprint density at radius 1 is 1.35 bits per heavy atom. The molecule has 0 aromatic carbocycles. The third-order valence-electron chi connectivity index (χ3n) is 4.22. The number of nitrogens with one attached hydrogen (secondary N) is 1. The summed E-state index contributed by atoms with van der Waals surface area (Å²) < 4.78 is 39.4. The molecule has 4 nitrogen and oxygen atoms in total. The van der Waals surface area contributed by atoms with E-state index >= 15 is 0 Å². The molecule has 1 amide bonds. The number of aryl methyl sites for hydroxylation is 1. The average Bonchev–Trinajstić information content (AvgIpc) is 2.80. The molecule has 1 aliphatic rings. The standard InChI is InChI=1S/C15H21ClF3N3O/c1-10-12(16)13(15(17,18)19)21-22(10)9-5-8-20-14(23)11-6-3-2-4-7-11/h11H,2-9H2,1H3,(H,20,23). The zero-order chi connectivity index (χ0) is 17.0. The highest BCUT2D eigenvalue weighted by molar-refractivity contribution is 6.31. The van der Waals surface area contributed by atoms with Gasteiger partial charge in [-0.3, -0.25) is 9.48 Å². The van der Waals surface area contributed by atoms with Crippen LogP contribution in [0.25, 0.3) is 0 Å². The minimum Gasteiger partial charge on any atom is -0.356 e. The van der Waals surface area contributed by atoms with Gasteiger partial charge < -0.3 is 5.32 Å². The van der Waals surface area contributed by atoms with Crippen LogP contribution in [0, 0.1) is 12.8 Å². The van der Waals surface area contributed by atoms with Crippen LogP contribution >= 0.6 is 11.6 Å². The molecule has 0 saturated heterocycles. The normalized spacial score (nSPS) is 16.6. The number of hydrogen-bond donors (Lipinski definition) is 1. The van der Waals surface area contributed by atoms with Crippen molar-refractivity contribution in [1.29, 1.82) is 0 Å². The number of alkyl halides is 3. The Hall–Kier alpha value is -1.24. The van der Waals surface area contributed by atoms with E-state index in [9.17, 15) is 18.0 Å². The second kappa shape index (κ2) is 7.55. The summed E-state index contributed by atoms with van der Waals surface area (Å²) in [7, 11) is 0. The Kier molecular flexibility index (Phi) is 5.95. The lowest BCUT2D eigenvalue weighted by molar-refractivity contribution is -0.141. The van der Waals surface area contributed by atoms with Crippen molar-refractivity contribution in [2.24, 2.45) is 5.92 Å². The fourth-order valence-corrected chi connectivity index (χ4v) is 3.12. The molecular formula is C15H21ClF3N3O. The third-order valence-corrected chi connectivity index (χ3v) is 4.68. The minimum absolute atomic E-state index is 0.0518. The molecule has 1 aliphatic carbocycles. The summed E-state index contributed by atoms with van der Waals surface area (Å²) in [5.41, 5.74) is -0.763. The van der Waals surface area contributed by atoms with Crippen molar-refractivity contribution in [3.63, 3.8) is 0 Å². The predicted molar refractivity (Wildman–Crippen MR) is 81.2 cm³/mol. The van der Waals surface area contributed by atoms with E-state index in [-0.39, 0.29) is 29.1 Å². The quantitative estimate of drug-likeness (QED) is 0.816. The third kappa shape index (κ3) is 4.62. The second-order valence-corrected chi connectivity index (χ2v) is 6.33. The van der Waals surface area contributed by atoms with Gasteiger partial charge in [-0.25, -0.2) is 0 Å². The van der Waals surface area contributed by atoms with Gasteiger partial charge in [0.05, 0.1) is 10.7 Å². The highest BCUT2D eigenvalue weighted by Crippen LogP contribution is 2.35. The van der Waals surface area contributed by atoms with Crippen LogP contribution < -0.4 is 5.32 Å². The van der Waals surface area contributed by atoms with Gasteiger partial charge in [-0.2, -0.15) is 18.3 Å². The predicted octanol–water partition coefficient (Wildman–Crippen LogP) is 3.95. The van der Waals surface area contributed by atoms with Crippen LogP contribution in [0.3, 0.4) is 0 Å². The number of amides is 1. The molecule has 130 valence electrons. The van der Waals surface area contributed by atoms with Crippen LogP contribution in [-0.4, -0.2) is 22.2 Å². The van der Waals surface area contributed by atoms with Gasteiger partial charge in [-0.15, -0.1) is 0 Å². The summed E-state index contributed by atoms with van der Waals surface area (Å²) in [6.07, 6.45) is 1.16. The van der Waals surface area contributed by atoms with Crippen molar-refractivity contribution in [3.8, 4) is 0 Å². The number of halogens is 4. The molecule has 1 fully saturated rings. The number of rotatable bonds is 5. The first-order valence-corrected chi connectivity index (χ1v) is 8.26. The highest BCUT2D eigenvalue weighted by Gasteiger charge is 2.38. The lowest BCUT2D eigenvalue weighted by atomic mass is 9.89. The Bertz CT molecular complexity index is 551. The lowest BCUT2D eigenvalue weighted by Crippen LogP contribution is -2.33. The fraction of sp³-hybridized carbons (Fsp3) is 0.733. The minimum atomic E-state index is -4.55. The van der Waals surface area contributed by atoms with Crippen LogP contribution in [0.15, 0.2) is 0 Å². The van der Waals surface area contributed by atoms with Gasteiger partial charge in [0.25, 0.3) is 0 Å². The van der Waals surface area contributed by atoms with Crippen molar-refractivity contribution in [2.75, 3.05) is 6.54 Å². The van der Waals surface area contributed by atoms with E-state index in [4.69, 9.17) is 11.6 Å². The monoisotopic (exact) mass is 351 g/mol. The zero-order valence-electron chi connectivity index (χ0n) is 13.0. The molecule has 1 saturated carbocycles. The molecule has 0 atom stereocenters. The molecule has 2 rings (SSSR count). The molecule has 0 spiro atoms. The number of carbonyl (C=O) groups excluding carboxylic acids is 1. The van der Waals surface area contributed by atoms with Gasteiger partial charge in [0.1, 0.15) is 0 Å². The topological polar surface area (TPSA) is 46.9 Å². The van der Waals surface area contributed by atoms with Gasteiger partial charge in [0.15, 0.2) is 5.69 Å². The molecule has 1 heterocycles. The van der Waals surface area contributed by atoms with Crippen molar-refractivity contribution in [1.82, 2.24) is 15.1 Å². The van der Waals surface area contributed by atoms with Crippen LogP contribution in [0.1, 0.15) is 49.9 Å². The van der Waals surface area contributed by atoms with Gasteiger partial charge >= 0.3 is 6.18 Å². The molecule has 0 radical (unpaired) electrons. The molecule has 0 bridgehead atoms. The van der Waals surface area contributed by atoms with E-state index < -0.39 is 11.9 Å². The van der Waals surface area contributed by atoms with Gasteiger partial charge in [-0.05, 0) is 26.2 Å². The summed E-state index contributed by atoms with van der Waals surface area (Å²) in [6, 6.07) is 0. The molecule has 1 aromatic heterocycles. The Labute approximate surface area is 138 Å². The van der Waals surface area contributed by atoms with E-state index in [1.54, 1.807) is 0 Å². The van der Waals surface area contributed by atoms with Crippen molar-refractivity contribution in [3.05, 3.63) is 16.4 Å². The van der Waals surface area contributed by atoms with Crippen LogP contribution in [0.5, 0.6) is 0 Å². The molecule has 8 heteroatoms. The number of hydrogen-bond acceptors (Lipinski definition) is 2. The maximum absolute atomic E-state index is 12.7. The van der Waals surface area contributed by atoms with Crippen LogP contribution in [0.4, 0.5) is 13.2 Å². The second-order valence-electron chi connectivity index (χ2n) is 5.95. The fourth-order valence-electron chi connectivity index (χ4n) is 2.87. The molecule has 1 N–H and O–H groups in total. The first-order valence-electron chi connectivity index (χ1n) is 7.88. The van der Waals surface area contributed by atoms with Gasteiger partial charge in [0.2, 0.25) is 5.91 Å². The van der Waals surface area contributed by atoms with E-state index in [2.05, 4.69) is 10.4 Å². The Morgan fingerprint density at radius 2 is 2.00 bits per heavy atom. The Balaban J connectivity index is 1.81. The smallest absolute Gasteiger partial charge is 0.356 e. The van der Waals surface area contributed by atoms with E-state index in [1.807, 2.05) is 0 Å². The molecule has 0 aliphatic heterocycles. The lowest BCUT2D eigenvalue weighted by Gasteiger charge is -2.20. The molecule has 0 unspecified atom stereocenters. The van der Waals surface area contributed by atoms with E-state index in [0.29, 0.717) is 13.0 Å². The van der Waals surface area contributed by atoms with Gasteiger partial charge in [-0.1, -0.05) is 30.9 Å². The number of nitrogens with zero attached hydrogens (tertiary/aromatic N) is 2. The number of aromatic nitrogens is 2. The summed E-state index contributed by atoms with van der Waals surface area (Å²) in [5, 5.41) is 6.03. The largest absolute Gasteiger partial charge is 0.436 e. The van der Waals surface area contributed by atoms with E-state index in [0.717, 1.165) is 25.7 Å². The number of carbonyl (C=O) groups is 1. The summed E-state index contributed by atoms with van der Waals surface area (Å²) >= 11 is 5.69. The maximum atomic E-state index is 12.7.